The Balaban J connectivity index is 1.77. The van der Waals surface area contributed by atoms with Gasteiger partial charge < -0.3 is 4.90 Å². The molecule has 0 heterocycles. The maximum Gasteiger partial charge on any atom is 0.225 e. The van der Waals surface area contributed by atoms with Crippen molar-refractivity contribution >= 4 is 5.91 Å². The predicted molar refractivity (Wildman–Crippen MR) is 84.5 cm³/mol. The molecular formula is C18H29NO. The van der Waals surface area contributed by atoms with Crippen LogP contribution in [0.15, 0.2) is 23.8 Å². The molecule has 0 aromatic heterocycles. The van der Waals surface area contributed by atoms with Crippen molar-refractivity contribution in [2.45, 2.75) is 58.8 Å². The van der Waals surface area contributed by atoms with Crippen molar-refractivity contribution in [2.24, 2.45) is 11.8 Å². The first-order valence-electron chi connectivity index (χ1n) is 8.30. The van der Waals surface area contributed by atoms with E-state index in [1.807, 2.05) is 0 Å². The van der Waals surface area contributed by atoms with E-state index in [9.17, 15) is 4.79 Å². The Bertz CT molecular complexity index is 375. The Morgan fingerprint density at radius 3 is 2.50 bits per heavy atom. The molecule has 0 radical (unpaired) electrons. The molecule has 0 aromatic carbocycles. The van der Waals surface area contributed by atoms with Crippen LogP contribution in [0.25, 0.3) is 0 Å². The van der Waals surface area contributed by atoms with Crippen molar-refractivity contribution in [2.75, 3.05) is 13.1 Å². The zero-order chi connectivity index (χ0) is 14.4. The van der Waals surface area contributed by atoms with Gasteiger partial charge in [0.2, 0.25) is 5.91 Å². The first-order chi connectivity index (χ1) is 9.70. The molecule has 2 aliphatic rings. The van der Waals surface area contributed by atoms with E-state index >= 15 is 0 Å². The summed E-state index contributed by atoms with van der Waals surface area (Å²) >= 11 is 0. The molecule has 0 saturated heterocycles. The van der Waals surface area contributed by atoms with E-state index in [1.165, 1.54) is 18.4 Å². The van der Waals surface area contributed by atoms with Crippen molar-refractivity contribution in [3.05, 3.63) is 23.8 Å². The van der Waals surface area contributed by atoms with Crippen molar-refractivity contribution < 1.29 is 4.79 Å². The number of carbonyl (C=O) groups is 1. The Morgan fingerprint density at radius 2 is 1.90 bits per heavy atom. The third kappa shape index (κ3) is 5.52. The molecular weight excluding hydrogens is 246 g/mol. The second-order valence-electron chi connectivity index (χ2n) is 6.44. The molecule has 0 bridgehead atoms. The number of allylic oxidation sites excluding steroid dienone is 3. The molecule has 0 atom stereocenters. The van der Waals surface area contributed by atoms with E-state index in [-0.39, 0.29) is 0 Å². The highest BCUT2D eigenvalue weighted by Gasteiger charge is 2.35. The fourth-order valence-corrected chi connectivity index (χ4v) is 2.51. The lowest BCUT2D eigenvalue weighted by Gasteiger charge is -2.23. The van der Waals surface area contributed by atoms with Gasteiger partial charge in [-0.2, -0.15) is 0 Å². The molecule has 2 aliphatic carbocycles. The van der Waals surface area contributed by atoms with E-state index in [0.717, 1.165) is 51.1 Å². The van der Waals surface area contributed by atoms with Crippen LogP contribution in [0.3, 0.4) is 0 Å². The summed E-state index contributed by atoms with van der Waals surface area (Å²) in [7, 11) is 0. The second-order valence-corrected chi connectivity index (χ2v) is 6.44. The summed E-state index contributed by atoms with van der Waals surface area (Å²) in [6.07, 6.45) is 15.0. The van der Waals surface area contributed by atoms with Gasteiger partial charge in [-0.15, -0.1) is 0 Å². The van der Waals surface area contributed by atoms with Crippen LogP contribution in [-0.4, -0.2) is 23.9 Å². The fourth-order valence-electron chi connectivity index (χ4n) is 2.51. The van der Waals surface area contributed by atoms with Gasteiger partial charge in [0.15, 0.2) is 0 Å². The van der Waals surface area contributed by atoms with Gasteiger partial charge in [0.25, 0.3) is 0 Å². The van der Waals surface area contributed by atoms with E-state index in [4.69, 9.17) is 0 Å². The quantitative estimate of drug-likeness (QED) is 0.453. The van der Waals surface area contributed by atoms with Crippen molar-refractivity contribution in [1.82, 2.24) is 4.90 Å². The van der Waals surface area contributed by atoms with Gasteiger partial charge in [0, 0.05) is 19.0 Å². The second kappa shape index (κ2) is 7.66. The molecule has 2 fully saturated rings. The summed E-state index contributed by atoms with van der Waals surface area (Å²) in [5.41, 5.74) is 1.35. The predicted octanol–water partition coefficient (Wildman–Crippen LogP) is 4.33. The van der Waals surface area contributed by atoms with Gasteiger partial charge in [-0.25, -0.2) is 0 Å². The van der Waals surface area contributed by atoms with E-state index in [2.05, 4.69) is 37.0 Å². The smallest absolute Gasteiger partial charge is 0.225 e. The Kier molecular flexibility index (Phi) is 5.87. The van der Waals surface area contributed by atoms with Crippen LogP contribution < -0.4 is 0 Å². The number of hydrogen-bond donors (Lipinski definition) is 0. The van der Waals surface area contributed by atoms with Crippen molar-refractivity contribution in [1.29, 1.82) is 0 Å². The fraction of sp³-hybridized carbons (Fsp3) is 0.722. The zero-order valence-corrected chi connectivity index (χ0v) is 13.1. The van der Waals surface area contributed by atoms with Gasteiger partial charge in [-0.3, -0.25) is 4.79 Å². The summed E-state index contributed by atoms with van der Waals surface area (Å²) in [6.45, 7) is 6.18. The Labute approximate surface area is 123 Å². The van der Waals surface area contributed by atoms with Crippen molar-refractivity contribution in [3.8, 4) is 0 Å². The average Bonchev–Trinajstić information content (AvgIpc) is 3.29. The topological polar surface area (TPSA) is 20.3 Å². The molecule has 2 rings (SSSR count). The molecule has 112 valence electrons. The molecule has 2 nitrogen and oxygen atoms in total. The molecule has 2 heteroatoms. The molecule has 20 heavy (non-hydrogen) atoms. The number of nitrogens with zero attached hydrogens (tertiary/aromatic N) is 1. The number of unbranched alkanes of at least 4 members (excludes halogenated alkanes) is 1. The zero-order valence-electron chi connectivity index (χ0n) is 13.1. The number of hydrogen-bond acceptors (Lipinski definition) is 1. The largest absolute Gasteiger partial charge is 0.338 e. The van der Waals surface area contributed by atoms with Gasteiger partial charge in [-0.05, 0) is 57.8 Å². The highest BCUT2D eigenvalue weighted by atomic mass is 16.2. The van der Waals surface area contributed by atoms with Gasteiger partial charge in [0.05, 0.1) is 0 Å². The van der Waals surface area contributed by atoms with Crippen molar-refractivity contribution in [3.63, 3.8) is 0 Å². The minimum Gasteiger partial charge on any atom is -0.338 e. The van der Waals surface area contributed by atoms with Crippen LogP contribution >= 0.6 is 0 Å². The Hall–Kier alpha value is -1.05. The molecule has 1 amide bonds. The summed E-state index contributed by atoms with van der Waals surface area (Å²) in [5.74, 6) is 1.56. The van der Waals surface area contributed by atoms with Crippen LogP contribution in [0, 0.1) is 11.8 Å². The molecule has 0 unspecified atom stereocenters. The van der Waals surface area contributed by atoms with Crippen LogP contribution in [0.5, 0.6) is 0 Å². The summed E-state index contributed by atoms with van der Waals surface area (Å²) < 4.78 is 0. The average molecular weight is 275 g/mol. The molecule has 0 aromatic rings. The lowest BCUT2D eigenvalue weighted by molar-refractivity contribution is -0.132. The van der Waals surface area contributed by atoms with E-state index in [0.29, 0.717) is 11.8 Å². The van der Waals surface area contributed by atoms with Crippen LogP contribution in [-0.2, 0) is 4.79 Å². The SMILES string of the molecule is CC/C=C\CC/C=C(/C)CN(CC1CC1)C(=O)C1CC1. The maximum absolute atomic E-state index is 12.3. The summed E-state index contributed by atoms with van der Waals surface area (Å²) in [5, 5.41) is 0. The third-order valence-electron chi connectivity index (χ3n) is 4.08. The monoisotopic (exact) mass is 275 g/mol. The molecule has 0 N–H and O–H groups in total. The normalized spacial score (nSPS) is 19.6. The van der Waals surface area contributed by atoms with Gasteiger partial charge in [0.1, 0.15) is 0 Å². The first kappa shape index (κ1) is 15.3. The standard InChI is InChI=1S/C18H29NO/c1-3-4-5-6-7-8-15(2)13-19(14-16-9-10-16)18(20)17-11-12-17/h4-5,8,16-17H,3,6-7,9-14H2,1-2H3/b5-4-,15-8-. The van der Waals surface area contributed by atoms with Crippen LogP contribution in [0.2, 0.25) is 0 Å². The number of carbonyl (C=O) groups excluding carboxylic acids is 1. The van der Waals surface area contributed by atoms with Crippen LogP contribution in [0.4, 0.5) is 0 Å². The van der Waals surface area contributed by atoms with Crippen LogP contribution in [0.1, 0.15) is 58.8 Å². The van der Waals surface area contributed by atoms with Gasteiger partial charge in [-0.1, -0.05) is 30.7 Å². The third-order valence-corrected chi connectivity index (χ3v) is 4.08. The van der Waals surface area contributed by atoms with Gasteiger partial charge >= 0.3 is 0 Å². The summed E-state index contributed by atoms with van der Waals surface area (Å²) in [4.78, 5) is 14.4. The first-order valence-corrected chi connectivity index (χ1v) is 8.30. The lowest BCUT2D eigenvalue weighted by Crippen LogP contribution is -2.35. The maximum atomic E-state index is 12.3. The molecule has 2 saturated carbocycles. The molecule has 0 spiro atoms. The lowest BCUT2D eigenvalue weighted by atomic mass is 10.1. The molecule has 0 aliphatic heterocycles. The Morgan fingerprint density at radius 1 is 1.15 bits per heavy atom. The number of rotatable bonds is 9. The highest BCUT2D eigenvalue weighted by Crippen LogP contribution is 2.34. The highest BCUT2D eigenvalue weighted by molar-refractivity contribution is 5.81. The van der Waals surface area contributed by atoms with E-state index < -0.39 is 0 Å². The minimum absolute atomic E-state index is 0.356. The number of amides is 1. The minimum atomic E-state index is 0.356. The van der Waals surface area contributed by atoms with E-state index in [1.54, 1.807) is 0 Å². The summed E-state index contributed by atoms with van der Waals surface area (Å²) in [6, 6.07) is 0.